The molecule has 0 saturated carbocycles. The number of carbonyl (C=O) groups excluding carboxylic acids is 1. The summed E-state index contributed by atoms with van der Waals surface area (Å²) in [6, 6.07) is 1.98. The number of amides is 1. The summed E-state index contributed by atoms with van der Waals surface area (Å²) in [6.45, 7) is 1.75. The van der Waals surface area contributed by atoms with Gasteiger partial charge in [0.15, 0.2) is 0 Å². The van der Waals surface area contributed by atoms with Crippen LogP contribution in [0.15, 0.2) is 11.4 Å². The van der Waals surface area contributed by atoms with E-state index in [0.717, 1.165) is 10.4 Å². The quantitative estimate of drug-likeness (QED) is 0.774. The molecule has 1 aromatic heterocycles. The molecule has 0 radical (unpaired) electrons. The third kappa shape index (κ3) is 4.41. The molecule has 1 aromatic rings. The number of carboxylic acids is 1. The molecule has 0 aliphatic rings. The van der Waals surface area contributed by atoms with Crippen LogP contribution < -0.4 is 5.32 Å². The van der Waals surface area contributed by atoms with Gasteiger partial charge in [-0.3, -0.25) is 4.79 Å². The lowest BCUT2D eigenvalue weighted by atomic mass is 10.3. The van der Waals surface area contributed by atoms with Crippen LogP contribution in [0.3, 0.4) is 0 Å². The Labute approximate surface area is 97.0 Å². The minimum absolute atomic E-state index is 0.225. The molecule has 0 saturated heterocycles. The maximum atomic E-state index is 11.2. The molecule has 0 aromatic carbocycles. The highest BCUT2D eigenvalue weighted by Gasteiger charge is 2.05. The average Bonchev–Trinajstić information content (AvgIpc) is 2.60. The van der Waals surface area contributed by atoms with Crippen LogP contribution in [0.5, 0.6) is 0 Å². The van der Waals surface area contributed by atoms with Crippen LogP contribution in [-0.4, -0.2) is 30.2 Å². The van der Waals surface area contributed by atoms with Crippen molar-refractivity contribution in [3.63, 3.8) is 0 Å². The van der Waals surface area contributed by atoms with Crippen LogP contribution >= 0.6 is 11.3 Å². The summed E-state index contributed by atoms with van der Waals surface area (Å²) in [5.41, 5.74) is 1.14. The second-order valence-electron chi connectivity index (χ2n) is 3.19. The van der Waals surface area contributed by atoms with Crippen molar-refractivity contribution in [1.29, 1.82) is 0 Å². The summed E-state index contributed by atoms with van der Waals surface area (Å²) in [5.74, 6) is -1.39. The van der Waals surface area contributed by atoms with Gasteiger partial charge in [0.25, 0.3) is 0 Å². The molecular formula is C10H13NO4S. The van der Waals surface area contributed by atoms with Gasteiger partial charge in [-0.15, -0.1) is 11.3 Å². The highest BCUT2D eigenvalue weighted by molar-refractivity contribution is 7.10. The first-order valence-corrected chi connectivity index (χ1v) is 5.56. The van der Waals surface area contributed by atoms with Crippen molar-refractivity contribution < 1.29 is 19.4 Å². The van der Waals surface area contributed by atoms with E-state index in [1.165, 1.54) is 0 Å². The van der Waals surface area contributed by atoms with Crippen LogP contribution in [0.4, 0.5) is 0 Å². The van der Waals surface area contributed by atoms with Crippen molar-refractivity contribution in [1.82, 2.24) is 5.32 Å². The smallest absolute Gasteiger partial charge is 0.329 e. The molecule has 16 heavy (non-hydrogen) atoms. The van der Waals surface area contributed by atoms with Crippen LogP contribution in [-0.2, 0) is 20.9 Å². The molecule has 0 aliphatic heterocycles. The van der Waals surface area contributed by atoms with E-state index in [4.69, 9.17) is 5.11 Å². The zero-order valence-corrected chi connectivity index (χ0v) is 9.67. The highest BCUT2D eigenvalue weighted by atomic mass is 32.1. The maximum absolute atomic E-state index is 11.2. The lowest BCUT2D eigenvalue weighted by Gasteiger charge is -2.04. The Hall–Kier alpha value is -1.40. The summed E-state index contributed by atoms with van der Waals surface area (Å²) >= 11 is 1.57. The minimum atomic E-state index is -1.08. The number of carbonyl (C=O) groups is 2. The molecule has 0 fully saturated rings. The predicted molar refractivity (Wildman–Crippen MR) is 59.4 cm³/mol. The fraction of sp³-hybridized carbons (Fsp3) is 0.400. The number of hydrogen-bond acceptors (Lipinski definition) is 4. The van der Waals surface area contributed by atoms with E-state index in [1.54, 1.807) is 11.3 Å². The van der Waals surface area contributed by atoms with Gasteiger partial charge in [0.05, 0.1) is 6.54 Å². The molecule has 2 N–H and O–H groups in total. The average molecular weight is 243 g/mol. The molecule has 1 heterocycles. The highest BCUT2D eigenvalue weighted by Crippen LogP contribution is 2.14. The second kappa shape index (κ2) is 6.24. The van der Waals surface area contributed by atoms with Crippen molar-refractivity contribution in [2.45, 2.75) is 13.5 Å². The third-order valence-electron chi connectivity index (χ3n) is 1.87. The Bertz CT molecular complexity index is 375. The van der Waals surface area contributed by atoms with Crippen LogP contribution in [0.2, 0.25) is 0 Å². The van der Waals surface area contributed by atoms with Gasteiger partial charge in [-0.2, -0.15) is 0 Å². The Morgan fingerprint density at radius 1 is 1.50 bits per heavy atom. The van der Waals surface area contributed by atoms with Crippen LogP contribution in [0, 0.1) is 6.92 Å². The Balaban J connectivity index is 2.20. The molecule has 5 nitrogen and oxygen atoms in total. The molecule has 88 valence electrons. The summed E-state index contributed by atoms with van der Waals surface area (Å²) in [7, 11) is 0. The molecule has 0 spiro atoms. The maximum Gasteiger partial charge on any atom is 0.329 e. The Morgan fingerprint density at radius 2 is 2.25 bits per heavy atom. The molecule has 0 aliphatic carbocycles. The predicted octanol–water partition coefficient (Wildman–Crippen LogP) is 0.774. The molecule has 0 atom stereocenters. The minimum Gasteiger partial charge on any atom is -0.480 e. The number of nitrogens with one attached hydrogen (secondary N) is 1. The zero-order chi connectivity index (χ0) is 12.0. The monoisotopic (exact) mass is 243 g/mol. The SMILES string of the molecule is Cc1ccsc1CNC(=O)COCC(=O)O. The molecular weight excluding hydrogens is 230 g/mol. The first-order chi connectivity index (χ1) is 7.59. The lowest BCUT2D eigenvalue weighted by molar-refractivity contribution is -0.143. The van der Waals surface area contributed by atoms with E-state index in [1.807, 2.05) is 18.4 Å². The fourth-order valence-electron chi connectivity index (χ4n) is 1.05. The first kappa shape index (κ1) is 12.7. The molecule has 1 rings (SSSR count). The number of rotatable bonds is 6. The number of hydrogen-bond donors (Lipinski definition) is 2. The van der Waals surface area contributed by atoms with E-state index in [2.05, 4.69) is 10.1 Å². The van der Waals surface area contributed by atoms with Crippen molar-refractivity contribution >= 4 is 23.2 Å². The number of carboxylic acid groups (broad SMARTS) is 1. The first-order valence-electron chi connectivity index (χ1n) is 4.69. The van der Waals surface area contributed by atoms with E-state index in [-0.39, 0.29) is 12.5 Å². The topological polar surface area (TPSA) is 75.6 Å². The standard InChI is InChI=1S/C10H13NO4S/c1-7-2-3-16-8(7)4-11-9(12)5-15-6-10(13)14/h2-3H,4-6H2,1H3,(H,11,12)(H,13,14). The van der Waals surface area contributed by atoms with Crippen LogP contribution in [0.25, 0.3) is 0 Å². The van der Waals surface area contributed by atoms with Gasteiger partial charge in [0.1, 0.15) is 13.2 Å². The van der Waals surface area contributed by atoms with Gasteiger partial charge in [-0.25, -0.2) is 4.79 Å². The van der Waals surface area contributed by atoms with Crippen molar-refractivity contribution in [3.05, 3.63) is 21.9 Å². The van der Waals surface area contributed by atoms with E-state index in [9.17, 15) is 9.59 Å². The van der Waals surface area contributed by atoms with Crippen molar-refractivity contribution in [3.8, 4) is 0 Å². The van der Waals surface area contributed by atoms with Crippen molar-refractivity contribution in [2.24, 2.45) is 0 Å². The summed E-state index contributed by atoms with van der Waals surface area (Å²) in [5, 5.41) is 12.9. The van der Waals surface area contributed by atoms with Gasteiger partial charge in [0, 0.05) is 4.88 Å². The second-order valence-corrected chi connectivity index (χ2v) is 4.19. The fourth-order valence-corrected chi connectivity index (χ4v) is 1.89. The zero-order valence-electron chi connectivity index (χ0n) is 8.86. The van der Waals surface area contributed by atoms with Gasteiger partial charge < -0.3 is 15.2 Å². The largest absolute Gasteiger partial charge is 0.480 e. The van der Waals surface area contributed by atoms with Gasteiger partial charge in [-0.05, 0) is 23.9 Å². The normalized spacial score (nSPS) is 10.1. The van der Waals surface area contributed by atoms with E-state index in [0.29, 0.717) is 6.54 Å². The number of thiophene rings is 1. The Kier molecular flexibility index (Phi) is 4.94. The van der Waals surface area contributed by atoms with Crippen molar-refractivity contribution in [2.75, 3.05) is 13.2 Å². The summed E-state index contributed by atoms with van der Waals surface area (Å²) < 4.78 is 4.65. The number of ether oxygens (including phenoxy) is 1. The molecule has 6 heteroatoms. The summed E-state index contributed by atoms with van der Waals surface area (Å²) in [4.78, 5) is 22.4. The van der Waals surface area contributed by atoms with Gasteiger partial charge in [-0.1, -0.05) is 0 Å². The third-order valence-corrected chi connectivity index (χ3v) is 2.90. The molecule has 0 bridgehead atoms. The van der Waals surface area contributed by atoms with E-state index < -0.39 is 12.6 Å². The summed E-state index contributed by atoms with van der Waals surface area (Å²) in [6.07, 6.45) is 0. The van der Waals surface area contributed by atoms with Gasteiger partial charge >= 0.3 is 5.97 Å². The molecule has 0 unspecified atom stereocenters. The molecule has 1 amide bonds. The van der Waals surface area contributed by atoms with Gasteiger partial charge in [0.2, 0.25) is 5.91 Å². The van der Waals surface area contributed by atoms with E-state index >= 15 is 0 Å². The Morgan fingerprint density at radius 3 is 2.81 bits per heavy atom. The van der Waals surface area contributed by atoms with Crippen LogP contribution in [0.1, 0.15) is 10.4 Å². The number of aryl methyl sites for hydroxylation is 1. The number of aliphatic carboxylic acids is 1. The lowest BCUT2D eigenvalue weighted by Crippen LogP contribution is -2.28.